The van der Waals surface area contributed by atoms with Crippen molar-refractivity contribution in [3.63, 3.8) is 0 Å². The van der Waals surface area contributed by atoms with Gasteiger partial charge in [0.05, 0.1) is 11.9 Å². The van der Waals surface area contributed by atoms with Crippen LogP contribution in [0.25, 0.3) is 0 Å². The van der Waals surface area contributed by atoms with Crippen molar-refractivity contribution in [1.82, 2.24) is 25.6 Å². The highest BCUT2D eigenvalue weighted by Gasteiger charge is 2.27. The molecule has 1 aromatic heterocycles. The molecule has 11 heteroatoms. The predicted octanol–water partition coefficient (Wildman–Crippen LogP) is 1.96. The summed E-state index contributed by atoms with van der Waals surface area (Å²) < 4.78 is 5.34. The van der Waals surface area contributed by atoms with E-state index >= 15 is 0 Å². The van der Waals surface area contributed by atoms with Crippen LogP contribution in [0.1, 0.15) is 52.9 Å². The van der Waals surface area contributed by atoms with Gasteiger partial charge in [0.25, 0.3) is 0 Å². The van der Waals surface area contributed by atoms with E-state index in [1.165, 1.54) is 6.42 Å². The Morgan fingerprint density at radius 1 is 1.08 bits per heavy atom. The van der Waals surface area contributed by atoms with Crippen molar-refractivity contribution in [3.8, 4) is 0 Å². The average Bonchev–Trinajstić information content (AvgIpc) is 2.85. The van der Waals surface area contributed by atoms with Crippen molar-refractivity contribution >= 4 is 29.4 Å². The highest BCUT2D eigenvalue weighted by Crippen LogP contribution is 2.22. The van der Waals surface area contributed by atoms with E-state index in [0.29, 0.717) is 24.6 Å². The minimum atomic E-state index is -0.485. The number of amides is 3. The molecule has 3 amide bonds. The van der Waals surface area contributed by atoms with Gasteiger partial charge < -0.3 is 15.0 Å². The van der Waals surface area contributed by atoms with Crippen LogP contribution in [-0.4, -0.2) is 90.3 Å². The van der Waals surface area contributed by atoms with E-state index in [-0.39, 0.29) is 17.9 Å². The zero-order chi connectivity index (χ0) is 26.4. The number of carbonyl (C=O) groups excluding carboxylic acids is 3. The largest absolute Gasteiger partial charge is 0.443 e. The summed E-state index contributed by atoms with van der Waals surface area (Å²) in [5.41, 5.74) is 3.46. The first kappa shape index (κ1) is 27.1. The molecule has 0 aromatic carbocycles. The van der Waals surface area contributed by atoms with Crippen molar-refractivity contribution in [2.75, 3.05) is 56.0 Å². The second kappa shape index (κ2) is 12.1. The fourth-order valence-electron chi connectivity index (χ4n) is 5.03. The van der Waals surface area contributed by atoms with Crippen molar-refractivity contribution in [2.45, 2.75) is 64.5 Å². The minimum absolute atomic E-state index is 0.219. The molecule has 0 aliphatic carbocycles. The fraction of sp³-hybridized carbons (Fsp3) is 0.692. The van der Waals surface area contributed by atoms with Gasteiger partial charge in [-0.3, -0.25) is 25.2 Å². The van der Waals surface area contributed by atoms with Crippen LogP contribution < -0.4 is 21.0 Å². The van der Waals surface area contributed by atoms with Gasteiger partial charge in [0.2, 0.25) is 11.8 Å². The lowest BCUT2D eigenvalue weighted by Crippen LogP contribution is -2.49. The van der Waals surface area contributed by atoms with Crippen LogP contribution in [0.15, 0.2) is 18.3 Å². The standard InChI is InChI=1S/C26H41N7O4/c1-26(2,3)37-25(36)30-33-12-9-19(10-13-33)8-11-31-14-16-32(17-15-31)20-4-6-22(27-18-20)28-21-5-7-23(34)29-24(21)35/h4,6,18-19,21H,5,7-17H2,1-3H3,(H,27,28)(H,30,36)(H,29,34,35). The van der Waals surface area contributed by atoms with Gasteiger partial charge in [-0.1, -0.05) is 0 Å². The van der Waals surface area contributed by atoms with E-state index in [2.05, 4.69) is 30.8 Å². The number of nitrogens with one attached hydrogen (secondary N) is 3. The third kappa shape index (κ3) is 8.29. The number of pyridine rings is 1. The van der Waals surface area contributed by atoms with Gasteiger partial charge in [-0.2, -0.15) is 0 Å². The van der Waals surface area contributed by atoms with Gasteiger partial charge in [-0.25, -0.2) is 14.8 Å². The van der Waals surface area contributed by atoms with Crippen LogP contribution in [0.3, 0.4) is 0 Å². The maximum absolute atomic E-state index is 12.0. The number of carbonyl (C=O) groups is 3. The van der Waals surface area contributed by atoms with Gasteiger partial charge >= 0.3 is 6.09 Å². The van der Waals surface area contributed by atoms with Crippen LogP contribution in [0.2, 0.25) is 0 Å². The molecule has 3 aliphatic rings. The number of hydrogen-bond acceptors (Lipinski definition) is 9. The normalized spacial score (nSPS) is 22.5. The number of piperazine rings is 1. The van der Waals surface area contributed by atoms with Gasteiger partial charge in [0, 0.05) is 45.7 Å². The number of hydrazine groups is 1. The lowest BCUT2D eigenvalue weighted by molar-refractivity contribution is -0.133. The minimum Gasteiger partial charge on any atom is -0.443 e. The number of hydrogen-bond donors (Lipinski definition) is 3. The lowest BCUT2D eigenvalue weighted by Gasteiger charge is -2.37. The van der Waals surface area contributed by atoms with Crippen LogP contribution in [0.5, 0.6) is 0 Å². The van der Waals surface area contributed by atoms with E-state index in [0.717, 1.165) is 64.3 Å². The van der Waals surface area contributed by atoms with Crippen molar-refractivity contribution in [3.05, 3.63) is 18.3 Å². The number of rotatable bonds is 7. The molecule has 4 rings (SSSR count). The number of ether oxygens (including phenoxy) is 1. The molecule has 0 spiro atoms. The Bertz CT molecular complexity index is 933. The first-order valence-electron chi connectivity index (χ1n) is 13.4. The third-order valence-corrected chi connectivity index (χ3v) is 7.16. The predicted molar refractivity (Wildman–Crippen MR) is 141 cm³/mol. The monoisotopic (exact) mass is 515 g/mol. The van der Waals surface area contributed by atoms with Crippen LogP contribution >= 0.6 is 0 Å². The van der Waals surface area contributed by atoms with Crippen LogP contribution in [0, 0.1) is 5.92 Å². The molecular weight excluding hydrogens is 474 g/mol. The molecule has 3 aliphatic heterocycles. The summed E-state index contributed by atoms with van der Waals surface area (Å²) in [6.07, 6.45) is 5.65. The molecule has 0 radical (unpaired) electrons. The molecule has 1 unspecified atom stereocenters. The van der Waals surface area contributed by atoms with Crippen molar-refractivity contribution in [2.24, 2.45) is 5.92 Å². The van der Waals surface area contributed by atoms with Crippen LogP contribution in [-0.2, 0) is 14.3 Å². The fourth-order valence-corrected chi connectivity index (χ4v) is 5.03. The summed E-state index contributed by atoms with van der Waals surface area (Å²) in [6.45, 7) is 12.4. The first-order valence-corrected chi connectivity index (χ1v) is 13.4. The van der Waals surface area contributed by atoms with E-state index in [1.54, 1.807) is 0 Å². The summed E-state index contributed by atoms with van der Waals surface area (Å²) in [4.78, 5) is 44.6. The Morgan fingerprint density at radius 3 is 2.43 bits per heavy atom. The summed E-state index contributed by atoms with van der Waals surface area (Å²) in [6, 6.07) is 3.51. The number of imide groups is 1. The maximum Gasteiger partial charge on any atom is 0.422 e. The molecule has 3 saturated heterocycles. The van der Waals surface area contributed by atoms with Gasteiger partial charge in [0.1, 0.15) is 17.5 Å². The summed E-state index contributed by atoms with van der Waals surface area (Å²) in [5.74, 6) is 0.817. The Kier molecular flexibility index (Phi) is 8.86. The molecule has 204 valence electrons. The average molecular weight is 516 g/mol. The highest BCUT2D eigenvalue weighted by molar-refractivity contribution is 6.01. The zero-order valence-electron chi connectivity index (χ0n) is 22.3. The van der Waals surface area contributed by atoms with E-state index in [1.807, 2.05) is 44.1 Å². The quantitative estimate of drug-likeness (QED) is 0.468. The van der Waals surface area contributed by atoms with E-state index in [4.69, 9.17) is 4.74 Å². The second-order valence-electron chi connectivity index (χ2n) is 11.2. The van der Waals surface area contributed by atoms with Gasteiger partial charge in [-0.05, 0) is 71.0 Å². The molecule has 3 fully saturated rings. The van der Waals surface area contributed by atoms with Crippen molar-refractivity contribution < 1.29 is 19.1 Å². The molecule has 0 bridgehead atoms. The summed E-state index contributed by atoms with van der Waals surface area (Å²) >= 11 is 0. The van der Waals surface area contributed by atoms with Gasteiger partial charge in [0.15, 0.2) is 0 Å². The number of aromatic nitrogens is 1. The lowest BCUT2D eigenvalue weighted by atomic mass is 9.94. The van der Waals surface area contributed by atoms with Gasteiger partial charge in [-0.15, -0.1) is 0 Å². The highest BCUT2D eigenvalue weighted by atomic mass is 16.6. The smallest absolute Gasteiger partial charge is 0.422 e. The topological polar surface area (TPSA) is 119 Å². The SMILES string of the molecule is CC(C)(C)OC(=O)NN1CCC(CCN2CCN(c3ccc(NC4CCC(=O)NC4=O)nc3)CC2)CC1. The number of piperidine rings is 2. The number of nitrogens with zero attached hydrogens (tertiary/aromatic N) is 4. The Labute approximate surface area is 219 Å². The molecule has 1 atom stereocenters. The Balaban J connectivity index is 1.12. The molecular formula is C26H41N7O4. The summed E-state index contributed by atoms with van der Waals surface area (Å²) in [5, 5.41) is 7.46. The Morgan fingerprint density at radius 2 is 1.81 bits per heavy atom. The van der Waals surface area contributed by atoms with E-state index in [9.17, 15) is 14.4 Å². The molecule has 11 nitrogen and oxygen atoms in total. The summed E-state index contributed by atoms with van der Waals surface area (Å²) in [7, 11) is 0. The molecule has 3 N–H and O–H groups in total. The second-order valence-corrected chi connectivity index (χ2v) is 11.2. The zero-order valence-corrected chi connectivity index (χ0v) is 22.3. The first-order chi connectivity index (χ1) is 17.6. The third-order valence-electron chi connectivity index (χ3n) is 7.16. The Hall–Kier alpha value is -2.92. The molecule has 4 heterocycles. The van der Waals surface area contributed by atoms with Crippen LogP contribution in [0.4, 0.5) is 16.3 Å². The molecule has 37 heavy (non-hydrogen) atoms. The van der Waals surface area contributed by atoms with E-state index < -0.39 is 11.6 Å². The van der Waals surface area contributed by atoms with Crippen molar-refractivity contribution in [1.29, 1.82) is 0 Å². The maximum atomic E-state index is 12.0. The molecule has 0 saturated carbocycles. The number of anilines is 2. The molecule has 1 aromatic rings.